The Kier molecular flexibility index (Phi) is 12.2. The Bertz CT molecular complexity index is 413. The molecule has 136 valence electrons. The van der Waals surface area contributed by atoms with E-state index in [1.165, 1.54) is 50.5 Å². The Balaban J connectivity index is 1.94. The van der Waals surface area contributed by atoms with Gasteiger partial charge in [0.25, 0.3) is 0 Å². The number of hydrogen-bond donors (Lipinski definition) is 0. The highest BCUT2D eigenvalue weighted by Gasteiger charge is 2.08. The second-order valence-electron chi connectivity index (χ2n) is 7.06. The molecule has 1 aromatic carbocycles. The van der Waals surface area contributed by atoms with Gasteiger partial charge in [-0.05, 0) is 24.3 Å². The van der Waals surface area contributed by atoms with E-state index >= 15 is 0 Å². The third-order valence-electron chi connectivity index (χ3n) is 4.44. The van der Waals surface area contributed by atoms with Crippen molar-refractivity contribution in [2.45, 2.75) is 84.5 Å². The minimum Gasteiger partial charge on any atom is -0.465 e. The Labute approximate surface area is 149 Å². The second-order valence-corrected chi connectivity index (χ2v) is 7.06. The summed E-state index contributed by atoms with van der Waals surface area (Å²) in [7, 11) is 0. The van der Waals surface area contributed by atoms with Crippen molar-refractivity contribution in [3.8, 4) is 0 Å². The van der Waals surface area contributed by atoms with Gasteiger partial charge < -0.3 is 4.74 Å². The molecule has 0 aliphatic heterocycles. The average Bonchev–Trinajstić information content (AvgIpc) is 2.59. The summed E-state index contributed by atoms with van der Waals surface area (Å²) in [6, 6.07) is 10.4. The van der Waals surface area contributed by atoms with Crippen LogP contribution in [0.3, 0.4) is 0 Å². The van der Waals surface area contributed by atoms with E-state index in [4.69, 9.17) is 4.74 Å². The predicted octanol–water partition coefficient (Wildman–Crippen LogP) is 6.33. The molecule has 1 aromatic rings. The molecule has 24 heavy (non-hydrogen) atoms. The molecule has 0 heterocycles. The number of rotatable bonds is 14. The number of carbonyl (C=O) groups is 1. The topological polar surface area (TPSA) is 26.3 Å². The highest BCUT2D eigenvalue weighted by atomic mass is 16.5. The van der Waals surface area contributed by atoms with Crippen molar-refractivity contribution in [3.63, 3.8) is 0 Å². The number of esters is 1. The van der Waals surface area contributed by atoms with E-state index in [1.807, 2.05) is 6.07 Å². The highest BCUT2D eigenvalue weighted by molar-refractivity contribution is 5.69. The van der Waals surface area contributed by atoms with E-state index in [2.05, 4.69) is 38.1 Å². The van der Waals surface area contributed by atoms with Crippen LogP contribution in [0.2, 0.25) is 0 Å². The van der Waals surface area contributed by atoms with Crippen LogP contribution in [-0.2, 0) is 16.0 Å². The van der Waals surface area contributed by atoms with Crippen LogP contribution in [0.25, 0.3) is 0 Å². The first-order valence-corrected chi connectivity index (χ1v) is 9.92. The van der Waals surface area contributed by atoms with Crippen LogP contribution in [0.15, 0.2) is 30.3 Å². The molecule has 2 heteroatoms. The molecule has 0 N–H and O–H groups in total. The van der Waals surface area contributed by atoms with Crippen molar-refractivity contribution in [3.05, 3.63) is 35.9 Å². The zero-order valence-electron chi connectivity index (χ0n) is 15.8. The SMILES string of the molecule is CCCCCCCCCCCC(=O)OC[C@@H](C)Cc1ccccc1. The lowest BCUT2D eigenvalue weighted by Gasteiger charge is -2.12. The average molecular weight is 333 g/mol. The van der Waals surface area contributed by atoms with Gasteiger partial charge in [-0.15, -0.1) is 0 Å². The van der Waals surface area contributed by atoms with Gasteiger partial charge in [0.2, 0.25) is 0 Å². The maximum Gasteiger partial charge on any atom is 0.305 e. The molecule has 0 aliphatic carbocycles. The molecule has 0 radical (unpaired) electrons. The van der Waals surface area contributed by atoms with Crippen LogP contribution in [0.4, 0.5) is 0 Å². The molecule has 0 aromatic heterocycles. The molecule has 0 saturated heterocycles. The number of carbonyl (C=O) groups excluding carboxylic acids is 1. The molecule has 0 saturated carbocycles. The van der Waals surface area contributed by atoms with E-state index in [0.29, 0.717) is 18.9 Å². The van der Waals surface area contributed by atoms with E-state index in [9.17, 15) is 4.79 Å². The van der Waals surface area contributed by atoms with Crippen LogP contribution in [-0.4, -0.2) is 12.6 Å². The molecule has 0 amide bonds. The summed E-state index contributed by atoms with van der Waals surface area (Å²) in [5, 5.41) is 0. The van der Waals surface area contributed by atoms with Gasteiger partial charge in [-0.3, -0.25) is 4.79 Å². The van der Waals surface area contributed by atoms with E-state index in [1.54, 1.807) is 0 Å². The number of hydrogen-bond acceptors (Lipinski definition) is 2. The number of unbranched alkanes of at least 4 members (excludes halogenated alkanes) is 8. The maximum absolute atomic E-state index is 11.8. The largest absolute Gasteiger partial charge is 0.465 e. The van der Waals surface area contributed by atoms with Crippen molar-refractivity contribution >= 4 is 5.97 Å². The summed E-state index contributed by atoms with van der Waals surface area (Å²) in [5.74, 6) is 0.345. The first-order chi connectivity index (χ1) is 11.7. The summed E-state index contributed by atoms with van der Waals surface area (Å²) in [6.07, 6.45) is 13.0. The first-order valence-electron chi connectivity index (χ1n) is 9.92. The van der Waals surface area contributed by atoms with E-state index in [-0.39, 0.29) is 5.97 Å². The van der Waals surface area contributed by atoms with Crippen molar-refractivity contribution in [2.75, 3.05) is 6.61 Å². The predicted molar refractivity (Wildman–Crippen MR) is 102 cm³/mol. The van der Waals surface area contributed by atoms with E-state index in [0.717, 1.165) is 19.3 Å². The monoisotopic (exact) mass is 332 g/mol. The molecule has 1 rings (SSSR count). The molecular weight excluding hydrogens is 296 g/mol. The molecule has 0 spiro atoms. The van der Waals surface area contributed by atoms with Gasteiger partial charge in [-0.2, -0.15) is 0 Å². The number of benzene rings is 1. The zero-order chi connectivity index (χ0) is 17.5. The fraction of sp³-hybridized carbons (Fsp3) is 0.682. The van der Waals surface area contributed by atoms with Crippen LogP contribution < -0.4 is 0 Å². The summed E-state index contributed by atoms with van der Waals surface area (Å²) in [6.45, 7) is 4.92. The van der Waals surface area contributed by atoms with Crippen LogP contribution in [0.5, 0.6) is 0 Å². The fourth-order valence-electron chi connectivity index (χ4n) is 2.96. The van der Waals surface area contributed by atoms with Gasteiger partial charge in [-0.25, -0.2) is 0 Å². The normalized spacial score (nSPS) is 12.1. The Morgan fingerprint density at radius 1 is 0.917 bits per heavy atom. The lowest BCUT2D eigenvalue weighted by atomic mass is 10.0. The summed E-state index contributed by atoms with van der Waals surface area (Å²) in [4.78, 5) is 11.8. The Morgan fingerprint density at radius 3 is 2.12 bits per heavy atom. The lowest BCUT2D eigenvalue weighted by Crippen LogP contribution is -2.13. The van der Waals surface area contributed by atoms with Crippen molar-refractivity contribution < 1.29 is 9.53 Å². The van der Waals surface area contributed by atoms with Gasteiger partial charge in [0.05, 0.1) is 6.61 Å². The molecule has 1 atom stereocenters. The van der Waals surface area contributed by atoms with E-state index < -0.39 is 0 Å². The van der Waals surface area contributed by atoms with Gasteiger partial charge >= 0.3 is 5.97 Å². The lowest BCUT2D eigenvalue weighted by molar-refractivity contribution is -0.145. The van der Waals surface area contributed by atoms with Gasteiger partial charge in [0, 0.05) is 6.42 Å². The first kappa shape index (κ1) is 20.7. The van der Waals surface area contributed by atoms with Crippen molar-refractivity contribution in [1.29, 1.82) is 0 Å². The molecule has 2 nitrogen and oxygen atoms in total. The summed E-state index contributed by atoms with van der Waals surface area (Å²) < 4.78 is 5.41. The maximum atomic E-state index is 11.8. The number of ether oxygens (including phenoxy) is 1. The Hall–Kier alpha value is -1.31. The van der Waals surface area contributed by atoms with Crippen LogP contribution in [0, 0.1) is 5.92 Å². The second kappa shape index (κ2) is 14.1. The van der Waals surface area contributed by atoms with Crippen LogP contribution >= 0.6 is 0 Å². The van der Waals surface area contributed by atoms with Crippen molar-refractivity contribution in [2.24, 2.45) is 5.92 Å². The summed E-state index contributed by atoms with van der Waals surface area (Å²) >= 11 is 0. The highest BCUT2D eigenvalue weighted by Crippen LogP contribution is 2.12. The molecule has 0 aliphatic rings. The molecule has 0 fully saturated rings. The molecule has 0 unspecified atom stereocenters. The minimum absolute atomic E-state index is 0.0298. The third kappa shape index (κ3) is 11.3. The van der Waals surface area contributed by atoms with Gasteiger partial charge in [-0.1, -0.05) is 95.5 Å². The van der Waals surface area contributed by atoms with Gasteiger partial charge in [0.1, 0.15) is 0 Å². The van der Waals surface area contributed by atoms with Gasteiger partial charge in [0.15, 0.2) is 0 Å². The standard InChI is InChI=1S/C22H36O2/c1-3-4-5-6-7-8-9-10-14-17-22(23)24-19-20(2)18-21-15-12-11-13-16-21/h11-13,15-16,20H,3-10,14,17-19H2,1-2H3/t20-/m0/s1. The minimum atomic E-state index is -0.0298. The third-order valence-corrected chi connectivity index (χ3v) is 4.44. The van der Waals surface area contributed by atoms with Crippen molar-refractivity contribution in [1.82, 2.24) is 0 Å². The molecular formula is C22H36O2. The van der Waals surface area contributed by atoms with Crippen LogP contribution in [0.1, 0.15) is 83.6 Å². The molecule has 0 bridgehead atoms. The quantitative estimate of drug-likeness (QED) is 0.294. The summed E-state index contributed by atoms with van der Waals surface area (Å²) in [5.41, 5.74) is 1.31. The zero-order valence-corrected chi connectivity index (χ0v) is 15.8. The Morgan fingerprint density at radius 2 is 1.50 bits per heavy atom. The smallest absolute Gasteiger partial charge is 0.305 e. The fourth-order valence-corrected chi connectivity index (χ4v) is 2.96.